The molecular formula is C24H15BrClF2NO4. The van der Waals surface area contributed by atoms with Crippen LogP contribution in [0.5, 0.6) is 11.5 Å². The third-order valence-corrected chi connectivity index (χ3v) is 5.54. The van der Waals surface area contributed by atoms with Crippen molar-refractivity contribution in [1.82, 2.24) is 0 Å². The largest absolute Gasteiger partial charge is 0.493 e. The van der Waals surface area contributed by atoms with Gasteiger partial charge in [0.05, 0.1) is 22.2 Å². The van der Waals surface area contributed by atoms with Crippen LogP contribution in [0.2, 0.25) is 5.02 Å². The van der Waals surface area contributed by atoms with E-state index in [2.05, 4.69) is 20.9 Å². The zero-order valence-corrected chi connectivity index (χ0v) is 19.4. The zero-order chi connectivity index (χ0) is 23.5. The molecule has 0 fully saturated rings. The molecule has 0 aromatic heterocycles. The molecule has 0 N–H and O–H groups in total. The van der Waals surface area contributed by atoms with Crippen molar-refractivity contribution in [2.45, 2.75) is 6.61 Å². The van der Waals surface area contributed by atoms with E-state index >= 15 is 0 Å². The summed E-state index contributed by atoms with van der Waals surface area (Å²) in [6.07, 6.45) is 1.47. The van der Waals surface area contributed by atoms with Crippen molar-refractivity contribution in [2.75, 3.05) is 7.11 Å². The summed E-state index contributed by atoms with van der Waals surface area (Å²) < 4.78 is 44.0. The molecule has 4 rings (SSSR count). The van der Waals surface area contributed by atoms with Crippen LogP contribution in [0.25, 0.3) is 6.08 Å². The molecule has 0 aliphatic carbocycles. The first kappa shape index (κ1) is 22.9. The molecule has 0 atom stereocenters. The summed E-state index contributed by atoms with van der Waals surface area (Å²) in [6, 6.07) is 14.7. The van der Waals surface area contributed by atoms with Crippen LogP contribution in [0.3, 0.4) is 0 Å². The number of methoxy groups -OCH3 is 1. The Morgan fingerprint density at radius 2 is 1.85 bits per heavy atom. The fourth-order valence-corrected chi connectivity index (χ4v) is 3.87. The van der Waals surface area contributed by atoms with Crippen LogP contribution in [-0.4, -0.2) is 19.0 Å². The van der Waals surface area contributed by atoms with E-state index in [9.17, 15) is 13.6 Å². The van der Waals surface area contributed by atoms with Gasteiger partial charge in [0.15, 0.2) is 28.8 Å². The van der Waals surface area contributed by atoms with Gasteiger partial charge in [-0.15, -0.1) is 0 Å². The number of esters is 1. The van der Waals surface area contributed by atoms with E-state index in [1.807, 2.05) is 30.3 Å². The molecule has 5 nitrogen and oxygen atoms in total. The molecule has 3 aromatic carbocycles. The van der Waals surface area contributed by atoms with E-state index in [0.29, 0.717) is 28.1 Å². The Morgan fingerprint density at radius 3 is 2.58 bits per heavy atom. The number of nitrogens with zero attached hydrogens (tertiary/aromatic N) is 1. The minimum Gasteiger partial charge on any atom is -0.493 e. The molecule has 33 heavy (non-hydrogen) atoms. The number of aliphatic imine (C=N–C) groups is 1. The van der Waals surface area contributed by atoms with Crippen LogP contribution in [0.15, 0.2) is 69.8 Å². The molecular weight excluding hydrogens is 520 g/mol. The van der Waals surface area contributed by atoms with E-state index in [4.69, 9.17) is 25.8 Å². The second kappa shape index (κ2) is 9.72. The summed E-state index contributed by atoms with van der Waals surface area (Å²) in [7, 11) is 1.50. The Kier molecular flexibility index (Phi) is 6.76. The first-order valence-electron chi connectivity index (χ1n) is 9.57. The lowest BCUT2D eigenvalue weighted by molar-refractivity contribution is -0.129. The number of benzene rings is 3. The van der Waals surface area contributed by atoms with E-state index in [0.717, 1.165) is 17.7 Å². The number of cyclic esters (lactones) is 1. The average Bonchev–Trinajstić information content (AvgIpc) is 3.15. The second-order valence-electron chi connectivity index (χ2n) is 6.89. The standard InChI is InChI=1S/C24H15BrClF2NO4/c1-31-21-9-14(7-16(25)22(21)32-12-13-5-3-2-4-6-13)8-20-24(30)33-23(29-20)15-10-18(27)19(28)11-17(15)26/h2-11H,12H2,1H3. The highest BCUT2D eigenvalue weighted by molar-refractivity contribution is 9.10. The van der Waals surface area contributed by atoms with Crippen LogP contribution in [0, 0.1) is 11.6 Å². The molecule has 0 saturated carbocycles. The number of rotatable bonds is 6. The molecule has 9 heteroatoms. The van der Waals surface area contributed by atoms with Crippen LogP contribution in [0.1, 0.15) is 16.7 Å². The quantitative estimate of drug-likeness (QED) is 0.211. The van der Waals surface area contributed by atoms with Gasteiger partial charge in [0.25, 0.3) is 0 Å². The summed E-state index contributed by atoms with van der Waals surface area (Å²) in [4.78, 5) is 16.4. The van der Waals surface area contributed by atoms with Crippen molar-refractivity contribution in [3.8, 4) is 11.5 Å². The third kappa shape index (κ3) is 5.07. The Labute approximate surface area is 201 Å². The molecule has 168 valence electrons. The molecule has 1 heterocycles. The van der Waals surface area contributed by atoms with Crippen molar-refractivity contribution in [2.24, 2.45) is 4.99 Å². The lowest BCUT2D eigenvalue weighted by Crippen LogP contribution is -2.07. The predicted molar refractivity (Wildman–Crippen MR) is 123 cm³/mol. The Hall–Kier alpha value is -3.23. The number of halogens is 4. The molecule has 1 aliphatic heterocycles. The summed E-state index contributed by atoms with van der Waals surface area (Å²) >= 11 is 9.42. The SMILES string of the molecule is COc1cc(C=C2N=C(c3cc(F)c(F)cc3Cl)OC2=O)cc(Br)c1OCc1ccccc1. The molecule has 3 aromatic rings. The van der Waals surface area contributed by atoms with Crippen molar-refractivity contribution in [3.63, 3.8) is 0 Å². The van der Waals surface area contributed by atoms with Crippen LogP contribution in [0.4, 0.5) is 8.78 Å². The van der Waals surface area contributed by atoms with Gasteiger partial charge >= 0.3 is 5.97 Å². The van der Waals surface area contributed by atoms with Gasteiger partial charge in [-0.1, -0.05) is 41.9 Å². The van der Waals surface area contributed by atoms with Gasteiger partial charge in [0.2, 0.25) is 5.90 Å². The summed E-state index contributed by atoms with van der Waals surface area (Å²) in [5.41, 5.74) is 1.48. The molecule has 1 aliphatic rings. The van der Waals surface area contributed by atoms with Crippen LogP contribution < -0.4 is 9.47 Å². The predicted octanol–water partition coefficient (Wildman–Crippen LogP) is 6.31. The van der Waals surface area contributed by atoms with E-state index in [-0.39, 0.29) is 22.2 Å². The average molecular weight is 535 g/mol. The van der Waals surface area contributed by atoms with Gasteiger partial charge in [-0.05, 0) is 57.4 Å². The second-order valence-corrected chi connectivity index (χ2v) is 8.15. The highest BCUT2D eigenvalue weighted by Gasteiger charge is 2.27. The number of ether oxygens (including phenoxy) is 3. The minimum atomic E-state index is -1.13. The van der Waals surface area contributed by atoms with Gasteiger partial charge in [-0.2, -0.15) is 0 Å². The number of hydrogen-bond acceptors (Lipinski definition) is 5. The highest BCUT2D eigenvalue weighted by atomic mass is 79.9. The summed E-state index contributed by atoms with van der Waals surface area (Å²) in [6.45, 7) is 0.338. The monoisotopic (exact) mass is 533 g/mol. The van der Waals surface area contributed by atoms with Gasteiger partial charge in [-0.3, -0.25) is 0 Å². The fraction of sp³-hybridized carbons (Fsp3) is 0.0833. The third-order valence-electron chi connectivity index (χ3n) is 4.64. The van der Waals surface area contributed by atoms with Crippen LogP contribution >= 0.6 is 27.5 Å². The lowest BCUT2D eigenvalue weighted by Gasteiger charge is -2.13. The molecule has 0 radical (unpaired) electrons. The fourth-order valence-electron chi connectivity index (χ4n) is 3.06. The Bertz CT molecular complexity index is 1300. The van der Waals surface area contributed by atoms with Crippen molar-refractivity contribution in [3.05, 3.63) is 98.1 Å². The van der Waals surface area contributed by atoms with Crippen molar-refractivity contribution < 1.29 is 27.8 Å². The first-order chi connectivity index (χ1) is 15.9. The Morgan fingerprint density at radius 1 is 1.12 bits per heavy atom. The lowest BCUT2D eigenvalue weighted by atomic mass is 10.1. The van der Waals surface area contributed by atoms with Crippen molar-refractivity contribution >= 4 is 45.5 Å². The number of carbonyl (C=O) groups is 1. The number of carbonyl (C=O) groups excluding carboxylic acids is 1. The van der Waals surface area contributed by atoms with Gasteiger partial charge in [0, 0.05) is 0 Å². The molecule has 0 bridgehead atoms. The number of hydrogen-bond donors (Lipinski definition) is 0. The molecule has 0 saturated heterocycles. The maximum atomic E-state index is 13.6. The summed E-state index contributed by atoms with van der Waals surface area (Å²) in [5.74, 6) is -2.29. The van der Waals surface area contributed by atoms with Gasteiger partial charge < -0.3 is 14.2 Å². The molecule has 0 spiro atoms. The highest BCUT2D eigenvalue weighted by Crippen LogP contribution is 2.38. The first-order valence-corrected chi connectivity index (χ1v) is 10.7. The molecule has 0 unspecified atom stereocenters. The molecule has 0 amide bonds. The van der Waals surface area contributed by atoms with E-state index < -0.39 is 17.6 Å². The minimum absolute atomic E-state index is 0.0317. The zero-order valence-electron chi connectivity index (χ0n) is 17.1. The maximum absolute atomic E-state index is 13.6. The van der Waals surface area contributed by atoms with Crippen molar-refractivity contribution in [1.29, 1.82) is 0 Å². The maximum Gasteiger partial charge on any atom is 0.363 e. The topological polar surface area (TPSA) is 57.1 Å². The normalized spacial score (nSPS) is 14.3. The van der Waals surface area contributed by atoms with E-state index in [1.165, 1.54) is 13.2 Å². The Balaban J connectivity index is 1.62. The smallest absolute Gasteiger partial charge is 0.363 e. The van der Waals surface area contributed by atoms with E-state index in [1.54, 1.807) is 12.1 Å². The van der Waals surface area contributed by atoms with Crippen LogP contribution in [-0.2, 0) is 16.1 Å². The van der Waals surface area contributed by atoms with Gasteiger partial charge in [0.1, 0.15) is 6.61 Å². The van der Waals surface area contributed by atoms with Gasteiger partial charge in [-0.25, -0.2) is 18.6 Å². The summed E-state index contributed by atoms with van der Waals surface area (Å²) in [5, 5.41) is -0.133.